The van der Waals surface area contributed by atoms with Gasteiger partial charge >= 0.3 is 0 Å². The van der Waals surface area contributed by atoms with Gasteiger partial charge in [0.2, 0.25) is 0 Å². The molecular formula is C15H20N2OS. The van der Waals surface area contributed by atoms with Gasteiger partial charge in [-0.15, -0.1) is 11.3 Å². The highest BCUT2D eigenvalue weighted by Gasteiger charge is 2.20. The van der Waals surface area contributed by atoms with E-state index in [0.717, 1.165) is 17.0 Å². The molecule has 0 bridgehead atoms. The number of rotatable bonds is 3. The first-order valence-corrected chi connectivity index (χ1v) is 7.61. The van der Waals surface area contributed by atoms with E-state index in [1.54, 1.807) is 0 Å². The highest BCUT2D eigenvalue weighted by atomic mass is 32.1. The highest BCUT2D eigenvalue weighted by Crippen LogP contribution is 2.25. The summed E-state index contributed by atoms with van der Waals surface area (Å²) < 4.78 is 0. The van der Waals surface area contributed by atoms with Crippen LogP contribution in [0.5, 0.6) is 0 Å². The minimum absolute atomic E-state index is 0.101. The van der Waals surface area contributed by atoms with Crippen LogP contribution in [0.25, 0.3) is 0 Å². The maximum Gasteiger partial charge on any atom is 0.254 e. The van der Waals surface area contributed by atoms with E-state index in [4.69, 9.17) is 5.73 Å². The Morgan fingerprint density at radius 1 is 1.53 bits per heavy atom. The van der Waals surface area contributed by atoms with E-state index >= 15 is 0 Å². The van der Waals surface area contributed by atoms with Crippen molar-refractivity contribution >= 4 is 17.2 Å². The fraction of sp³-hybridized carbons (Fsp3) is 0.533. The number of hydrogen-bond acceptors (Lipinski definition) is 3. The van der Waals surface area contributed by atoms with E-state index in [2.05, 4.69) is 11.8 Å². The fourth-order valence-corrected chi connectivity index (χ4v) is 3.28. The van der Waals surface area contributed by atoms with Gasteiger partial charge in [0, 0.05) is 19.0 Å². The SMILES string of the molecule is CN(CC1CCCC1)C(=O)c1csc(C#CCN)c1. The lowest BCUT2D eigenvalue weighted by atomic mass is 10.1. The molecule has 1 aliphatic rings. The van der Waals surface area contributed by atoms with Crippen molar-refractivity contribution in [1.82, 2.24) is 4.90 Å². The Hall–Kier alpha value is -1.31. The van der Waals surface area contributed by atoms with Gasteiger partial charge in [-0.2, -0.15) is 0 Å². The van der Waals surface area contributed by atoms with E-state index in [9.17, 15) is 4.79 Å². The van der Waals surface area contributed by atoms with Crippen molar-refractivity contribution in [3.05, 3.63) is 21.9 Å². The fourth-order valence-electron chi connectivity index (χ4n) is 2.54. The number of thiophene rings is 1. The van der Waals surface area contributed by atoms with Gasteiger partial charge in [0.05, 0.1) is 17.0 Å². The third-order valence-electron chi connectivity index (χ3n) is 3.51. The lowest BCUT2D eigenvalue weighted by Gasteiger charge is -2.20. The van der Waals surface area contributed by atoms with Gasteiger partial charge < -0.3 is 10.6 Å². The van der Waals surface area contributed by atoms with Gasteiger partial charge in [0.25, 0.3) is 5.91 Å². The number of amides is 1. The smallest absolute Gasteiger partial charge is 0.254 e. The molecular weight excluding hydrogens is 256 g/mol. The van der Waals surface area contributed by atoms with E-state index in [0.29, 0.717) is 12.5 Å². The van der Waals surface area contributed by atoms with Crippen LogP contribution >= 0.6 is 11.3 Å². The highest BCUT2D eigenvalue weighted by molar-refractivity contribution is 7.10. The van der Waals surface area contributed by atoms with E-state index in [1.807, 2.05) is 23.4 Å². The molecule has 0 unspecified atom stereocenters. The van der Waals surface area contributed by atoms with Crippen molar-refractivity contribution in [3.8, 4) is 11.8 Å². The van der Waals surface area contributed by atoms with E-state index in [-0.39, 0.29) is 5.91 Å². The van der Waals surface area contributed by atoms with Gasteiger partial charge in [0.1, 0.15) is 0 Å². The molecule has 1 fully saturated rings. The molecule has 2 N–H and O–H groups in total. The van der Waals surface area contributed by atoms with Crippen molar-refractivity contribution in [2.24, 2.45) is 11.7 Å². The van der Waals surface area contributed by atoms with Crippen LogP contribution in [0.2, 0.25) is 0 Å². The Balaban J connectivity index is 1.96. The first-order valence-electron chi connectivity index (χ1n) is 6.73. The van der Waals surface area contributed by atoms with Crippen LogP contribution in [0.4, 0.5) is 0 Å². The summed E-state index contributed by atoms with van der Waals surface area (Å²) in [6.07, 6.45) is 5.14. The van der Waals surface area contributed by atoms with Gasteiger partial charge in [0.15, 0.2) is 0 Å². The van der Waals surface area contributed by atoms with Crippen LogP contribution in [0.1, 0.15) is 40.9 Å². The van der Waals surface area contributed by atoms with Crippen LogP contribution in [0.3, 0.4) is 0 Å². The predicted molar refractivity (Wildman–Crippen MR) is 79.2 cm³/mol. The van der Waals surface area contributed by atoms with Crippen molar-refractivity contribution < 1.29 is 4.79 Å². The number of carbonyl (C=O) groups is 1. The van der Waals surface area contributed by atoms with Crippen LogP contribution in [-0.2, 0) is 0 Å². The first kappa shape index (κ1) is 14.1. The zero-order valence-electron chi connectivity index (χ0n) is 11.3. The molecule has 0 aromatic carbocycles. The van der Waals surface area contributed by atoms with E-state index < -0.39 is 0 Å². The van der Waals surface area contributed by atoms with Crippen molar-refractivity contribution in [2.75, 3.05) is 20.1 Å². The molecule has 1 heterocycles. The monoisotopic (exact) mass is 276 g/mol. The lowest BCUT2D eigenvalue weighted by Crippen LogP contribution is -2.30. The zero-order valence-corrected chi connectivity index (χ0v) is 12.1. The second-order valence-electron chi connectivity index (χ2n) is 5.04. The predicted octanol–water partition coefficient (Wildman–Crippen LogP) is 2.32. The van der Waals surface area contributed by atoms with Gasteiger partial charge in [-0.3, -0.25) is 4.79 Å². The second-order valence-corrected chi connectivity index (χ2v) is 5.95. The summed E-state index contributed by atoms with van der Waals surface area (Å²) in [6, 6.07) is 1.86. The van der Waals surface area contributed by atoms with Crippen LogP contribution in [0, 0.1) is 17.8 Å². The average molecular weight is 276 g/mol. The Kier molecular flexibility index (Phi) is 5.00. The summed E-state index contributed by atoms with van der Waals surface area (Å²) >= 11 is 1.50. The molecule has 19 heavy (non-hydrogen) atoms. The molecule has 102 valence electrons. The van der Waals surface area contributed by atoms with Crippen LogP contribution < -0.4 is 5.73 Å². The Bertz CT molecular complexity index is 492. The molecule has 0 aliphatic heterocycles. The summed E-state index contributed by atoms with van der Waals surface area (Å²) in [5.41, 5.74) is 6.08. The summed E-state index contributed by atoms with van der Waals surface area (Å²) in [4.78, 5) is 15.0. The summed E-state index contributed by atoms with van der Waals surface area (Å²) in [7, 11) is 1.89. The minimum Gasteiger partial charge on any atom is -0.341 e. The molecule has 0 spiro atoms. The molecule has 0 radical (unpaired) electrons. The Morgan fingerprint density at radius 3 is 2.95 bits per heavy atom. The van der Waals surface area contributed by atoms with Crippen molar-refractivity contribution in [3.63, 3.8) is 0 Å². The van der Waals surface area contributed by atoms with E-state index in [1.165, 1.54) is 37.0 Å². The largest absolute Gasteiger partial charge is 0.341 e. The maximum atomic E-state index is 12.3. The molecule has 1 aromatic rings. The van der Waals surface area contributed by atoms with Crippen LogP contribution in [-0.4, -0.2) is 30.9 Å². The second kappa shape index (κ2) is 6.74. The number of carbonyl (C=O) groups excluding carboxylic acids is 1. The number of nitrogens with zero attached hydrogens (tertiary/aromatic N) is 1. The minimum atomic E-state index is 0.101. The molecule has 0 saturated heterocycles. The van der Waals surface area contributed by atoms with Crippen molar-refractivity contribution in [1.29, 1.82) is 0 Å². The zero-order chi connectivity index (χ0) is 13.7. The summed E-state index contributed by atoms with van der Waals surface area (Å²) in [5, 5.41) is 1.88. The molecule has 1 aromatic heterocycles. The molecule has 0 atom stereocenters. The van der Waals surface area contributed by atoms with Crippen LogP contribution in [0.15, 0.2) is 11.4 Å². The third-order valence-corrected chi connectivity index (χ3v) is 4.36. The number of nitrogens with two attached hydrogens (primary N) is 1. The number of hydrogen-bond donors (Lipinski definition) is 1. The average Bonchev–Trinajstić information content (AvgIpc) is 3.06. The summed E-state index contributed by atoms with van der Waals surface area (Å²) in [6.45, 7) is 1.22. The first-order chi connectivity index (χ1) is 9.20. The van der Waals surface area contributed by atoms with Gasteiger partial charge in [-0.05, 0) is 24.8 Å². The molecule has 4 heteroatoms. The van der Waals surface area contributed by atoms with Gasteiger partial charge in [-0.25, -0.2) is 0 Å². The Morgan fingerprint density at radius 2 is 2.26 bits per heavy atom. The normalized spacial score (nSPS) is 15.1. The molecule has 3 nitrogen and oxygen atoms in total. The lowest BCUT2D eigenvalue weighted by molar-refractivity contribution is 0.0774. The van der Waals surface area contributed by atoms with Crippen molar-refractivity contribution in [2.45, 2.75) is 25.7 Å². The topological polar surface area (TPSA) is 46.3 Å². The Labute approximate surface area is 118 Å². The standard InChI is InChI=1S/C15H20N2OS/c1-17(10-12-5-2-3-6-12)15(18)13-9-14(19-11-13)7-4-8-16/h9,11-12H,2-3,5-6,8,10,16H2,1H3. The molecule has 1 amide bonds. The summed E-state index contributed by atoms with van der Waals surface area (Å²) in [5.74, 6) is 6.56. The molecule has 2 rings (SSSR count). The third kappa shape index (κ3) is 3.82. The quantitative estimate of drug-likeness (QED) is 0.861. The molecule has 1 saturated carbocycles. The molecule has 1 aliphatic carbocycles. The van der Waals surface area contributed by atoms with Gasteiger partial charge in [-0.1, -0.05) is 24.7 Å². The maximum absolute atomic E-state index is 12.3.